The van der Waals surface area contributed by atoms with E-state index >= 15 is 0 Å². The first kappa shape index (κ1) is 17.9. The third-order valence-electron chi connectivity index (χ3n) is 4.20. The van der Waals surface area contributed by atoms with E-state index in [4.69, 9.17) is 0 Å². The number of hydrogen-bond donors (Lipinski definition) is 0. The van der Waals surface area contributed by atoms with E-state index in [1.54, 1.807) is 17.0 Å². The van der Waals surface area contributed by atoms with E-state index in [2.05, 4.69) is 0 Å². The summed E-state index contributed by atoms with van der Waals surface area (Å²) in [5, 5.41) is 0. The van der Waals surface area contributed by atoms with Crippen LogP contribution in [0.1, 0.15) is 28.8 Å². The molecule has 5 nitrogen and oxygen atoms in total. The predicted octanol–water partition coefficient (Wildman–Crippen LogP) is 2.88. The number of benzene rings is 1. The van der Waals surface area contributed by atoms with Crippen LogP contribution < -0.4 is 10.5 Å². The zero-order chi connectivity index (χ0) is 18.9. The molecule has 2 aromatic rings. The smallest absolute Gasteiger partial charge is 0.312 e. The molecule has 136 valence electrons. The van der Waals surface area contributed by atoms with Crippen LogP contribution in [0.3, 0.4) is 0 Å². The summed E-state index contributed by atoms with van der Waals surface area (Å²) in [4.78, 5) is 37.4. The van der Waals surface area contributed by atoms with Crippen molar-refractivity contribution in [1.29, 1.82) is 0 Å². The molecule has 1 fully saturated rings. The first-order valence-electron chi connectivity index (χ1n) is 7.97. The predicted molar refractivity (Wildman–Crippen MR) is 88.1 cm³/mol. The highest BCUT2D eigenvalue weighted by Gasteiger charge is 2.31. The van der Waals surface area contributed by atoms with Gasteiger partial charge in [-0.25, -0.2) is 0 Å². The quantitative estimate of drug-likeness (QED) is 0.784. The fourth-order valence-corrected chi connectivity index (χ4v) is 2.82. The van der Waals surface area contributed by atoms with E-state index in [1.807, 2.05) is 0 Å². The van der Waals surface area contributed by atoms with Crippen LogP contribution in [0.25, 0.3) is 0 Å². The van der Waals surface area contributed by atoms with E-state index < -0.39 is 29.6 Å². The van der Waals surface area contributed by atoms with Crippen molar-refractivity contribution in [2.24, 2.45) is 0 Å². The number of amides is 1. The van der Waals surface area contributed by atoms with Crippen molar-refractivity contribution in [2.45, 2.75) is 25.6 Å². The minimum Gasteiger partial charge on any atom is -0.312 e. The molecule has 0 N–H and O–H groups in total. The van der Waals surface area contributed by atoms with Crippen LogP contribution in [0.4, 0.5) is 18.9 Å². The Balaban J connectivity index is 1.78. The molecule has 1 aromatic carbocycles. The molecule has 0 bridgehead atoms. The van der Waals surface area contributed by atoms with Gasteiger partial charge in [-0.05, 0) is 36.8 Å². The lowest BCUT2D eigenvalue weighted by Crippen LogP contribution is -2.25. The molecule has 0 unspecified atom stereocenters. The summed E-state index contributed by atoms with van der Waals surface area (Å²) in [5.74, 6) is -0.481. The number of ketones is 1. The zero-order valence-corrected chi connectivity index (χ0v) is 13.6. The second kappa shape index (κ2) is 6.78. The summed E-state index contributed by atoms with van der Waals surface area (Å²) in [6.07, 6.45) is -2.70. The maximum absolute atomic E-state index is 12.8. The van der Waals surface area contributed by atoms with Crippen LogP contribution in [0.2, 0.25) is 0 Å². The number of hydrogen-bond acceptors (Lipinski definition) is 3. The molecule has 0 saturated carbocycles. The highest BCUT2D eigenvalue weighted by molar-refractivity contribution is 5.98. The molecular weight excluding hydrogens is 349 g/mol. The molecule has 3 rings (SSSR count). The van der Waals surface area contributed by atoms with E-state index in [-0.39, 0.29) is 11.5 Å². The normalized spacial score (nSPS) is 14.7. The molecule has 1 amide bonds. The number of anilines is 1. The number of nitrogens with zero attached hydrogens (tertiary/aromatic N) is 2. The van der Waals surface area contributed by atoms with Gasteiger partial charge in [0.15, 0.2) is 5.78 Å². The number of halogens is 3. The third-order valence-corrected chi connectivity index (χ3v) is 4.20. The van der Waals surface area contributed by atoms with Gasteiger partial charge in [0.25, 0.3) is 5.56 Å². The van der Waals surface area contributed by atoms with E-state index in [1.165, 1.54) is 12.1 Å². The van der Waals surface area contributed by atoms with Crippen molar-refractivity contribution in [1.82, 2.24) is 4.57 Å². The lowest BCUT2D eigenvalue weighted by atomic mass is 10.1. The molecule has 0 radical (unpaired) electrons. The van der Waals surface area contributed by atoms with Gasteiger partial charge in [-0.2, -0.15) is 13.2 Å². The average Bonchev–Trinajstić information content (AvgIpc) is 3.02. The molecule has 1 aliphatic rings. The Labute approximate surface area is 146 Å². The average molecular weight is 364 g/mol. The second-order valence-corrected chi connectivity index (χ2v) is 6.00. The number of pyridine rings is 1. The van der Waals surface area contributed by atoms with Crippen LogP contribution in [0.15, 0.2) is 47.4 Å². The van der Waals surface area contributed by atoms with Crippen molar-refractivity contribution in [2.75, 3.05) is 11.4 Å². The Morgan fingerprint density at radius 2 is 1.73 bits per heavy atom. The van der Waals surface area contributed by atoms with Crippen LogP contribution >= 0.6 is 0 Å². The van der Waals surface area contributed by atoms with Gasteiger partial charge in [0.2, 0.25) is 5.91 Å². The van der Waals surface area contributed by atoms with Crippen LogP contribution in [0.5, 0.6) is 0 Å². The Hall–Kier alpha value is -2.90. The first-order chi connectivity index (χ1) is 12.3. The van der Waals surface area contributed by atoms with E-state index in [0.29, 0.717) is 30.9 Å². The van der Waals surface area contributed by atoms with Gasteiger partial charge in [-0.15, -0.1) is 0 Å². The van der Waals surface area contributed by atoms with Crippen molar-refractivity contribution in [3.63, 3.8) is 0 Å². The minimum absolute atomic E-state index is 0.0135. The number of Topliss-reactive ketones (excluding diaryl/α,β-unsaturated/α-hetero) is 1. The van der Waals surface area contributed by atoms with E-state index in [0.717, 1.165) is 17.1 Å². The van der Waals surface area contributed by atoms with Crippen molar-refractivity contribution < 1.29 is 22.8 Å². The lowest BCUT2D eigenvalue weighted by molar-refractivity contribution is -0.138. The Morgan fingerprint density at radius 3 is 2.31 bits per heavy atom. The molecule has 2 heterocycles. The summed E-state index contributed by atoms with van der Waals surface area (Å²) < 4.78 is 39.0. The number of carbonyl (C=O) groups is 2. The van der Waals surface area contributed by atoms with Gasteiger partial charge in [-0.3, -0.25) is 14.4 Å². The molecule has 0 spiro atoms. The van der Waals surface area contributed by atoms with Gasteiger partial charge in [0, 0.05) is 36.5 Å². The molecule has 8 heteroatoms. The Bertz CT molecular complexity index is 901. The largest absolute Gasteiger partial charge is 0.417 e. The summed E-state index contributed by atoms with van der Waals surface area (Å²) in [7, 11) is 0. The Morgan fingerprint density at radius 1 is 1.04 bits per heavy atom. The maximum atomic E-state index is 12.8. The molecular formula is C18H15F3N2O3. The number of alkyl halides is 3. The monoisotopic (exact) mass is 364 g/mol. The topological polar surface area (TPSA) is 59.4 Å². The van der Waals surface area contributed by atoms with Crippen molar-refractivity contribution in [3.05, 3.63) is 64.1 Å². The fourth-order valence-electron chi connectivity index (χ4n) is 2.82. The SMILES string of the molecule is O=C(Cn1cc(C(F)(F)F)ccc1=O)c1ccc(N2CCCC2=O)cc1. The van der Waals surface area contributed by atoms with Crippen LogP contribution in [-0.4, -0.2) is 22.8 Å². The molecule has 0 aliphatic carbocycles. The highest BCUT2D eigenvalue weighted by Crippen LogP contribution is 2.28. The van der Waals surface area contributed by atoms with Crippen LogP contribution in [-0.2, 0) is 17.5 Å². The summed E-state index contributed by atoms with van der Waals surface area (Å²) >= 11 is 0. The lowest BCUT2D eigenvalue weighted by Gasteiger charge is -2.16. The fraction of sp³-hybridized carbons (Fsp3) is 0.278. The maximum Gasteiger partial charge on any atom is 0.417 e. The van der Waals surface area contributed by atoms with E-state index in [9.17, 15) is 27.6 Å². The van der Waals surface area contributed by atoms with Gasteiger partial charge in [0.05, 0.1) is 12.1 Å². The molecule has 1 aromatic heterocycles. The van der Waals surface area contributed by atoms with Gasteiger partial charge in [0.1, 0.15) is 0 Å². The van der Waals surface area contributed by atoms with Crippen molar-refractivity contribution in [3.8, 4) is 0 Å². The zero-order valence-electron chi connectivity index (χ0n) is 13.6. The molecule has 1 aliphatic heterocycles. The molecule has 26 heavy (non-hydrogen) atoms. The summed E-state index contributed by atoms with van der Waals surface area (Å²) in [6, 6.07) is 7.71. The third kappa shape index (κ3) is 3.68. The van der Waals surface area contributed by atoms with Gasteiger partial charge >= 0.3 is 6.18 Å². The van der Waals surface area contributed by atoms with Gasteiger partial charge in [-0.1, -0.05) is 0 Å². The Kier molecular flexibility index (Phi) is 4.67. The van der Waals surface area contributed by atoms with Crippen molar-refractivity contribution >= 4 is 17.4 Å². The summed E-state index contributed by atoms with van der Waals surface area (Å²) in [6.45, 7) is 0.122. The highest BCUT2D eigenvalue weighted by atomic mass is 19.4. The molecule has 1 saturated heterocycles. The molecule has 0 atom stereocenters. The summed E-state index contributed by atoms with van der Waals surface area (Å²) in [5.41, 5.74) is -0.761. The van der Waals surface area contributed by atoms with Crippen LogP contribution in [0, 0.1) is 0 Å². The number of rotatable bonds is 4. The number of aromatic nitrogens is 1. The number of carbonyl (C=O) groups excluding carboxylic acids is 2. The second-order valence-electron chi connectivity index (χ2n) is 6.00. The minimum atomic E-state index is -4.59. The standard InChI is InChI=1S/C18H15F3N2O3/c19-18(20,21)13-5-8-16(25)22(10-13)11-15(24)12-3-6-14(7-4-12)23-9-1-2-17(23)26/h3-8,10H,1-2,9,11H2. The van der Waals surface area contributed by atoms with Gasteiger partial charge < -0.3 is 9.47 Å². The first-order valence-corrected chi connectivity index (χ1v) is 7.97.